The number of aromatic nitrogens is 5. The quantitative estimate of drug-likeness (QED) is 0.323. The number of aryl methyl sites for hydroxylation is 1. The molecule has 0 atom stereocenters. The van der Waals surface area contributed by atoms with E-state index in [4.69, 9.17) is 11.6 Å². The van der Waals surface area contributed by atoms with E-state index in [1.54, 1.807) is 36.8 Å². The number of benzene rings is 2. The van der Waals surface area contributed by atoms with Crippen molar-refractivity contribution < 1.29 is 8.42 Å². The van der Waals surface area contributed by atoms with Gasteiger partial charge < -0.3 is 0 Å². The zero-order chi connectivity index (χ0) is 25.1. The van der Waals surface area contributed by atoms with Crippen molar-refractivity contribution in [2.75, 3.05) is 10.5 Å². The molecule has 0 spiro atoms. The SMILES string of the molecule is N#Cc1nc(-c2cc(Cl)c3[nH]ncc3c2)c(-c2ccccc2)nc1NS(=O)(=O)CCc1cccnc1. The number of pyridine rings is 1. The summed E-state index contributed by atoms with van der Waals surface area (Å²) in [7, 11) is -3.83. The number of nitrogens with zero attached hydrogens (tertiary/aromatic N) is 5. The predicted molar refractivity (Wildman–Crippen MR) is 138 cm³/mol. The first kappa shape index (κ1) is 23.4. The van der Waals surface area contributed by atoms with Crippen molar-refractivity contribution in [3.05, 3.63) is 89.5 Å². The summed E-state index contributed by atoms with van der Waals surface area (Å²) in [6.45, 7) is 0. The van der Waals surface area contributed by atoms with Crippen molar-refractivity contribution in [1.82, 2.24) is 25.1 Å². The highest BCUT2D eigenvalue weighted by atomic mass is 35.5. The minimum Gasteiger partial charge on any atom is -0.276 e. The number of hydrogen-bond donors (Lipinski definition) is 2. The van der Waals surface area contributed by atoms with Gasteiger partial charge in [0.2, 0.25) is 10.0 Å². The lowest BCUT2D eigenvalue weighted by molar-refractivity contribution is 0.600. The van der Waals surface area contributed by atoms with Gasteiger partial charge in [-0.15, -0.1) is 0 Å². The number of hydrogen-bond acceptors (Lipinski definition) is 7. The Balaban J connectivity index is 1.59. The molecule has 0 saturated carbocycles. The molecule has 9 nitrogen and oxygen atoms in total. The van der Waals surface area contributed by atoms with Crippen LogP contribution in [0.25, 0.3) is 33.4 Å². The van der Waals surface area contributed by atoms with E-state index in [-0.39, 0.29) is 23.7 Å². The van der Waals surface area contributed by atoms with Crippen LogP contribution in [-0.4, -0.2) is 39.3 Å². The second kappa shape index (κ2) is 9.73. The van der Waals surface area contributed by atoms with E-state index in [1.165, 1.54) is 0 Å². The second-order valence-electron chi connectivity index (χ2n) is 7.92. The van der Waals surface area contributed by atoms with E-state index in [0.29, 0.717) is 33.1 Å². The summed E-state index contributed by atoms with van der Waals surface area (Å²) in [5.41, 5.74) is 3.40. The van der Waals surface area contributed by atoms with Crippen LogP contribution < -0.4 is 4.72 Å². The number of halogens is 1. The molecular weight excluding hydrogens is 498 g/mol. The van der Waals surface area contributed by atoms with Gasteiger partial charge in [-0.2, -0.15) is 10.4 Å². The van der Waals surface area contributed by atoms with Crippen molar-refractivity contribution in [3.63, 3.8) is 0 Å². The van der Waals surface area contributed by atoms with Crippen molar-refractivity contribution in [2.24, 2.45) is 0 Å². The summed E-state index contributed by atoms with van der Waals surface area (Å²) in [5, 5.41) is 17.9. The average molecular weight is 516 g/mol. The second-order valence-corrected chi connectivity index (χ2v) is 10.2. The molecule has 0 aliphatic heterocycles. The Labute approximate surface area is 211 Å². The molecule has 0 unspecified atom stereocenters. The van der Waals surface area contributed by atoms with E-state index in [0.717, 1.165) is 10.9 Å². The molecule has 178 valence electrons. The highest BCUT2D eigenvalue weighted by Crippen LogP contribution is 2.35. The molecule has 5 aromatic rings. The third-order valence-electron chi connectivity index (χ3n) is 5.46. The van der Waals surface area contributed by atoms with Crippen LogP contribution in [0.4, 0.5) is 5.82 Å². The van der Waals surface area contributed by atoms with Gasteiger partial charge in [0.1, 0.15) is 6.07 Å². The Kier molecular flexibility index (Phi) is 6.33. The van der Waals surface area contributed by atoms with E-state index in [1.807, 2.05) is 42.5 Å². The summed E-state index contributed by atoms with van der Waals surface area (Å²) in [4.78, 5) is 13.1. The summed E-state index contributed by atoms with van der Waals surface area (Å²) < 4.78 is 28.2. The number of anilines is 1. The maximum absolute atomic E-state index is 12.9. The molecule has 36 heavy (non-hydrogen) atoms. The number of nitrogens with one attached hydrogen (secondary N) is 2. The van der Waals surface area contributed by atoms with Crippen LogP contribution >= 0.6 is 11.6 Å². The Morgan fingerprint density at radius 1 is 1.00 bits per heavy atom. The molecule has 11 heteroatoms. The van der Waals surface area contributed by atoms with Gasteiger partial charge in [0.25, 0.3) is 0 Å². The lowest BCUT2D eigenvalue weighted by Crippen LogP contribution is -2.20. The molecular formula is C25H18ClN7O2S. The zero-order valence-corrected chi connectivity index (χ0v) is 20.3. The smallest absolute Gasteiger partial charge is 0.234 e. The molecule has 0 radical (unpaired) electrons. The maximum Gasteiger partial charge on any atom is 0.234 e. The van der Waals surface area contributed by atoms with Crippen molar-refractivity contribution in [2.45, 2.75) is 6.42 Å². The van der Waals surface area contributed by atoms with Crippen molar-refractivity contribution >= 4 is 38.3 Å². The Bertz CT molecular complexity index is 1700. The van der Waals surface area contributed by atoms with Crippen LogP contribution in [0, 0.1) is 11.3 Å². The molecule has 2 N–H and O–H groups in total. The lowest BCUT2D eigenvalue weighted by atomic mass is 10.0. The normalized spacial score (nSPS) is 11.3. The number of sulfonamides is 1. The lowest BCUT2D eigenvalue weighted by Gasteiger charge is -2.14. The third-order valence-corrected chi connectivity index (χ3v) is 7.00. The summed E-state index contributed by atoms with van der Waals surface area (Å²) in [6, 6.07) is 18.2. The summed E-state index contributed by atoms with van der Waals surface area (Å²) in [5.74, 6) is -0.345. The molecule has 0 bridgehead atoms. The van der Waals surface area contributed by atoms with Crippen LogP contribution in [0.2, 0.25) is 5.02 Å². The molecule has 0 fully saturated rings. The summed E-state index contributed by atoms with van der Waals surface area (Å²) >= 11 is 6.45. The Morgan fingerprint density at radius 3 is 2.56 bits per heavy atom. The van der Waals surface area contributed by atoms with Crippen LogP contribution in [0.5, 0.6) is 0 Å². The highest BCUT2D eigenvalue weighted by Gasteiger charge is 2.21. The molecule has 0 amide bonds. The first-order valence-corrected chi connectivity index (χ1v) is 12.9. The first-order chi connectivity index (χ1) is 17.4. The molecule has 5 rings (SSSR count). The van der Waals surface area contributed by atoms with E-state index in [2.05, 4.69) is 29.9 Å². The van der Waals surface area contributed by atoms with Gasteiger partial charge >= 0.3 is 0 Å². The van der Waals surface area contributed by atoms with E-state index < -0.39 is 10.0 Å². The average Bonchev–Trinajstić information content (AvgIpc) is 3.38. The number of aromatic amines is 1. The minimum absolute atomic E-state index is 0.137. The summed E-state index contributed by atoms with van der Waals surface area (Å²) in [6.07, 6.45) is 5.12. The topological polar surface area (TPSA) is 137 Å². The van der Waals surface area contributed by atoms with Gasteiger partial charge in [-0.05, 0) is 30.2 Å². The van der Waals surface area contributed by atoms with E-state index >= 15 is 0 Å². The largest absolute Gasteiger partial charge is 0.276 e. The Morgan fingerprint density at radius 2 is 1.81 bits per heavy atom. The van der Waals surface area contributed by atoms with Crippen LogP contribution in [0.1, 0.15) is 11.3 Å². The van der Waals surface area contributed by atoms with Crippen LogP contribution in [0.3, 0.4) is 0 Å². The molecule has 0 saturated heterocycles. The van der Waals surface area contributed by atoms with Crippen molar-refractivity contribution in [3.8, 4) is 28.6 Å². The fourth-order valence-corrected chi connectivity index (χ4v) is 5.04. The standard InChI is InChI=1S/C25H18ClN7O2S/c26-20-12-18(11-19-15-29-32-22(19)20)24-23(17-6-2-1-3-7-17)31-25(21(13-27)30-24)33-36(34,35)10-8-16-5-4-9-28-14-16/h1-7,9,11-12,14-15H,8,10H2,(H,29,32)(H,31,33). The van der Waals surface area contributed by atoms with Crippen LogP contribution in [-0.2, 0) is 16.4 Å². The van der Waals surface area contributed by atoms with Crippen molar-refractivity contribution in [1.29, 1.82) is 5.26 Å². The fourth-order valence-electron chi connectivity index (χ4n) is 3.73. The highest BCUT2D eigenvalue weighted by molar-refractivity contribution is 7.92. The van der Waals surface area contributed by atoms with Gasteiger partial charge in [-0.3, -0.25) is 14.8 Å². The van der Waals surface area contributed by atoms with Crippen LogP contribution in [0.15, 0.2) is 73.2 Å². The molecule has 3 aromatic heterocycles. The zero-order valence-electron chi connectivity index (χ0n) is 18.7. The van der Waals surface area contributed by atoms with Gasteiger partial charge in [-0.25, -0.2) is 18.4 Å². The molecule has 2 aromatic carbocycles. The number of fused-ring (bicyclic) bond motifs is 1. The number of rotatable bonds is 7. The van der Waals surface area contributed by atoms with Gasteiger partial charge in [0.05, 0.1) is 33.9 Å². The molecule has 3 heterocycles. The fraction of sp³-hybridized carbons (Fsp3) is 0.0800. The Hall–Kier alpha value is -4.33. The maximum atomic E-state index is 12.9. The molecule has 0 aliphatic rings. The minimum atomic E-state index is -3.83. The molecule has 0 aliphatic carbocycles. The third kappa shape index (κ3) is 4.88. The predicted octanol–water partition coefficient (Wildman–Crippen LogP) is 4.59. The van der Waals surface area contributed by atoms with E-state index in [9.17, 15) is 13.7 Å². The van der Waals surface area contributed by atoms with Gasteiger partial charge in [-0.1, -0.05) is 48.0 Å². The first-order valence-electron chi connectivity index (χ1n) is 10.8. The monoisotopic (exact) mass is 515 g/mol. The van der Waals surface area contributed by atoms with Gasteiger partial charge in [0, 0.05) is 28.9 Å². The number of nitriles is 1. The number of H-pyrrole nitrogens is 1. The van der Waals surface area contributed by atoms with Gasteiger partial charge in [0.15, 0.2) is 11.5 Å².